The summed E-state index contributed by atoms with van der Waals surface area (Å²) in [6.45, 7) is 1.33. The minimum atomic E-state index is -1.67. The van der Waals surface area contributed by atoms with E-state index in [-0.39, 0.29) is 6.54 Å². The monoisotopic (exact) mass is 399 g/mol. The molecule has 0 aromatic heterocycles. The first kappa shape index (κ1) is 20.7. The number of para-hydroxylation sites is 1. The van der Waals surface area contributed by atoms with E-state index in [9.17, 15) is 22.8 Å². The molecule has 0 aliphatic rings. The molecule has 0 saturated heterocycles. The van der Waals surface area contributed by atoms with Gasteiger partial charge < -0.3 is 10.6 Å². The van der Waals surface area contributed by atoms with E-state index in [2.05, 4.69) is 10.6 Å². The van der Waals surface area contributed by atoms with Crippen molar-refractivity contribution >= 4 is 34.8 Å². The van der Waals surface area contributed by atoms with Crippen LogP contribution in [0.15, 0.2) is 36.4 Å². The molecule has 0 bridgehead atoms. The maximum atomic E-state index is 13.7. The molecule has 27 heavy (non-hydrogen) atoms. The van der Waals surface area contributed by atoms with Crippen LogP contribution in [0.4, 0.5) is 24.5 Å². The number of halogens is 4. The molecule has 2 rings (SSSR count). The smallest absolute Gasteiger partial charge is 0.241 e. The van der Waals surface area contributed by atoms with Gasteiger partial charge in [-0.1, -0.05) is 23.7 Å². The fourth-order valence-corrected chi connectivity index (χ4v) is 2.36. The van der Waals surface area contributed by atoms with Gasteiger partial charge in [0.2, 0.25) is 11.8 Å². The molecule has 0 radical (unpaired) electrons. The van der Waals surface area contributed by atoms with Crippen molar-refractivity contribution in [1.82, 2.24) is 4.90 Å². The normalized spacial score (nSPS) is 12.0. The fourth-order valence-electron chi connectivity index (χ4n) is 2.18. The number of anilines is 2. The van der Waals surface area contributed by atoms with Gasteiger partial charge in [0.1, 0.15) is 0 Å². The van der Waals surface area contributed by atoms with E-state index >= 15 is 0 Å². The highest BCUT2D eigenvalue weighted by atomic mass is 35.5. The largest absolute Gasteiger partial charge is 0.324 e. The van der Waals surface area contributed by atoms with E-state index in [1.54, 1.807) is 24.3 Å². The van der Waals surface area contributed by atoms with Gasteiger partial charge in [-0.2, -0.15) is 0 Å². The summed E-state index contributed by atoms with van der Waals surface area (Å²) in [5.41, 5.74) is -0.0572. The van der Waals surface area contributed by atoms with Crippen LogP contribution in [-0.2, 0) is 9.59 Å². The fraction of sp³-hybridized carbons (Fsp3) is 0.222. The van der Waals surface area contributed by atoms with E-state index in [1.165, 1.54) is 18.9 Å². The lowest BCUT2D eigenvalue weighted by Crippen LogP contribution is -2.43. The highest BCUT2D eigenvalue weighted by Crippen LogP contribution is 2.21. The predicted octanol–water partition coefficient (Wildman–Crippen LogP) is 3.65. The lowest BCUT2D eigenvalue weighted by Gasteiger charge is -2.23. The van der Waals surface area contributed by atoms with E-state index in [0.717, 1.165) is 6.07 Å². The number of amides is 2. The number of hydrogen-bond acceptors (Lipinski definition) is 3. The van der Waals surface area contributed by atoms with Gasteiger partial charge in [0.05, 0.1) is 29.0 Å². The van der Waals surface area contributed by atoms with Crippen LogP contribution in [0.2, 0.25) is 5.02 Å². The van der Waals surface area contributed by atoms with E-state index in [0.29, 0.717) is 16.8 Å². The molecule has 2 N–H and O–H groups in total. The molecule has 0 fully saturated rings. The minimum Gasteiger partial charge on any atom is -0.324 e. The second-order valence-corrected chi connectivity index (χ2v) is 6.24. The number of hydrogen-bond donors (Lipinski definition) is 2. The van der Waals surface area contributed by atoms with E-state index < -0.39 is 41.0 Å². The van der Waals surface area contributed by atoms with E-state index in [4.69, 9.17) is 11.6 Å². The Balaban J connectivity index is 1.97. The number of carbonyl (C=O) groups is 2. The van der Waals surface area contributed by atoms with Crippen molar-refractivity contribution in [2.75, 3.05) is 24.2 Å². The number of rotatable bonds is 6. The highest BCUT2D eigenvalue weighted by Gasteiger charge is 2.23. The topological polar surface area (TPSA) is 61.4 Å². The average Bonchev–Trinajstić information content (AvgIpc) is 2.63. The molecule has 0 saturated carbocycles. The van der Waals surface area contributed by atoms with Crippen LogP contribution in [0.25, 0.3) is 0 Å². The van der Waals surface area contributed by atoms with Crippen molar-refractivity contribution in [3.8, 4) is 0 Å². The third kappa shape index (κ3) is 5.21. The van der Waals surface area contributed by atoms with Crippen LogP contribution < -0.4 is 10.6 Å². The summed E-state index contributed by atoms with van der Waals surface area (Å²) in [5, 5.41) is 5.16. The number of benzene rings is 2. The Hall–Kier alpha value is -2.58. The molecule has 2 aromatic rings. The quantitative estimate of drug-likeness (QED) is 0.729. The summed E-state index contributed by atoms with van der Waals surface area (Å²) >= 11 is 5.96. The standard InChI is InChI=1S/C18H17ClF3N3O2/c1-10(18(27)24-14-8-7-12(20)16(21)17(14)22)25(2)9-15(26)23-13-6-4-3-5-11(13)19/h3-8,10H,9H2,1-2H3,(H,23,26)(H,24,27)/t10-/m1/s1. The number of nitrogens with zero attached hydrogens (tertiary/aromatic N) is 1. The summed E-state index contributed by atoms with van der Waals surface area (Å²) in [5.74, 6) is -5.62. The van der Waals surface area contributed by atoms with Crippen LogP contribution >= 0.6 is 11.6 Å². The lowest BCUT2D eigenvalue weighted by atomic mass is 10.2. The molecular weight excluding hydrogens is 383 g/mol. The van der Waals surface area contributed by atoms with Gasteiger partial charge in [0, 0.05) is 0 Å². The van der Waals surface area contributed by atoms with Gasteiger partial charge in [0.25, 0.3) is 0 Å². The van der Waals surface area contributed by atoms with Crippen molar-refractivity contribution in [2.24, 2.45) is 0 Å². The molecule has 0 spiro atoms. The molecule has 2 aromatic carbocycles. The third-order valence-corrected chi connectivity index (χ3v) is 4.20. The molecule has 5 nitrogen and oxygen atoms in total. The second-order valence-electron chi connectivity index (χ2n) is 5.83. The first-order valence-corrected chi connectivity index (χ1v) is 8.27. The van der Waals surface area contributed by atoms with E-state index in [1.807, 2.05) is 0 Å². The molecule has 144 valence electrons. The van der Waals surface area contributed by atoms with Gasteiger partial charge in [-0.3, -0.25) is 14.5 Å². The summed E-state index contributed by atoms with van der Waals surface area (Å²) in [7, 11) is 1.51. The SMILES string of the molecule is C[C@H](C(=O)Nc1ccc(F)c(F)c1F)N(C)CC(=O)Nc1ccccc1Cl. The Morgan fingerprint density at radius 1 is 1.04 bits per heavy atom. The second kappa shape index (κ2) is 8.88. The van der Waals surface area contributed by atoms with Gasteiger partial charge in [-0.05, 0) is 38.2 Å². The van der Waals surface area contributed by atoms with Crippen LogP contribution in [0.5, 0.6) is 0 Å². The van der Waals surface area contributed by atoms with Crippen LogP contribution in [-0.4, -0.2) is 36.3 Å². The van der Waals surface area contributed by atoms with Crippen molar-refractivity contribution in [3.05, 3.63) is 58.9 Å². The molecule has 9 heteroatoms. The van der Waals surface area contributed by atoms with Gasteiger partial charge in [0.15, 0.2) is 17.5 Å². The Kier molecular flexibility index (Phi) is 6.81. The Bertz CT molecular complexity index is 864. The van der Waals surface area contributed by atoms with Crippen LogP contribution in [0.1, 0.15) is 6.92 Å². The third-order valence-electron chi connectivity index (χ3n) is 3.87. The van der Waals surface area contributed by atoms with Crippen LogP contribution in [0, 0.1) is 17.5 Å². The molecule has 2 amide bonds. The van der Waals surface area contributed by atoms with Crippen molar-refractivity contribution in [2.45, 2.75) is 13.0 Å². The number of likely N-dealkylation sites (N-methyl/N-ethyl adjacent to an activating group) is 1. The Labute approximate surface area is 159 Å². The zero-order valence-electron chi connectivity index (χ0n) is 14.5. The summed E-state index contributed by atoms with van der Waals surface area (Å²) in [4.78, 5) is 25.7. The number of nitrogens with one attached hydrogen (secondary N) is 2. The first-order valence-electron chi connectivity index (χ1n) is 7.89. The lowest BCUT2D eigenvalue weighted by molar-refractivity contribution is -0.122. The van der Waals surface area contributed by atoms with Gasteiger partial charge in [-0.25, -0.2) is 13.2 Å². The first-order chi connectivity index (χ1) is 12.7. The van der Waals surface area contributed by atoms with Gasteiger partial charge in [-0.15, -0.1) is 0 Å². The summed E-state index contributed by atoms with van der Waals surface area (Å²) in [6.07, 6.45) is 0. The maximum absolute atomic E-state index is 13.7. The molecule has 0 unspecified atom stereocenters. The van der Waals surface area contributed by atoms with Crippen LogP contribution in [0.3, 0.4) is 0 Å². The average molecular weight is 400 g/mol. The maximum Gasteiger partial charge on any atom is 0.241 e. The Morgan fingerprint density at radius 2 is 1.70 bits per heavy atom. The Morgan fingerprint density at radius 3 is 2.37 bits per heavy atom. The molecule has 0 aliphatic heterocycles. The summed E-state index contributed by atoms with van der Waals surface area (Å²) in [6, 6.07) is 7.44. The molecule has 0 heterocycles. The molecular formula is C18H17ClF3N3O2. The number of carbonyl (C=O) groups excluding carboxylic acids is 2. The van der Waals surface area contributed by atoms with Crippen molar-refractivity contribution < 1.29 is 22.8 Å². The van der Waals surface area contributed by atoms with Gasteiger partial charge >= 0.3 is 0 Å². The predicted molar refractivity (Wildman–Crippen MR) is 97.1 cm³/mol. The minimum absolute atomic E-state index is 0.153. The zero-order valence-corrected chi connectivity index (χ0v) is 15.3. The molecule has 1 atom stereocenters. The zero-order chi connectivity index (χ0) is 20.1. The van der Waals surface area contributed by atoms with Crippen molar-refractivity contribution in [3.63, 3.8) is 0 Å². The molecule has 0 aliphatic carbocycles. The van der Waals surface area contributed by atoms with Crippen molar-refractivity contribution in [1.29, 1.82) is 0 Å². The highest BCUT2D eigenvalue weighted by molar-refractivity contribution is 6.33. The summed E-state index contributed by atoms with van der Waals surface area (Å²) < 4.78 is 39.8.